The van der Waals surface area contributed by atoms with Gasteiger partial charge < -0.3 is 34.5 Å². The fourth-order valence-corrected chi connectivity index (χ4v) is 8.40. The molecule has 3 aliphatic heterocycles. The summed E-state index contributed by atoms with van der Waals surface area (Å²) in [5, 5.41) is 27.1. The number of Topliss-reactive ketones (excluding diaryl/α,β-unsaturated/α-hetero) is 2. The first-order valence-electron chi connectivity index (χ1n) is 19.2. The van der Waals surface area contributed by atoms with E-state index in [1.807, 2.05) is 0 Å². The number of ether oxygens (including phenoxy) is 5. The normalized spacial score (nSPS) is 37.2. The van der Waals surface area contributed by atoms with Crippen LogP contribution in [-0.2, 0) is 44.6 Å². The number of nitrogens with zero attached hydrogens (tertiary/aromatic N) is 6. The van der Waals surface area contributed by atoms with Crippen LogP contribution < -0.4 is 5.73 Å². The van der Waals surface area contributed by atoms with Crippen molar-refractivity contribution in [2.24, 2.45) is 29.4 Å². The molecule has 56 heavy (non-hydrogen) atoms. The molecule has 0 bridgehead atoms. The van der Waals surface area contributed by atoms with Crippen LogP contribution in [0.3, 0.4) is 0 Å². The maximum Gasteiger partial charge on any atom is 0.411 e. The molecule has 2 aromatic heterocycles. The SMILES string of the molecule is CC[C@H]1OC(=O)[C@H](C)C(=O)[C@H](C)[C@@H](O[C@@H]2O[C@H](C)CC(N)C2O)[C@](C)(OC)C[C@@H](C)C(=O)[C@H](C)[C@H]2N(CC#CCn3cc(-c4cccnn4)nn3)C(=O)O[C@]12C. The van der Waals surface area contributed by atoms with E-state index in [-0.39, 0.29) is 37.8 Å². The van der Waals surface area contributed by atoms with Crippen molar-refractivity contribution in [2.75, 3.05) is 13.7 Å². The Morgan fingerprint density at radius 3 is 2.39 bits per heavy atom. The third-order valence-corrected chi connectivity index (χ3v) is 11.6. The van der Waals surface area contributed by atoms with Crippen LogP contribution in [0.2, 0.25) is 0 Å². The lowest BCUT2D eigenvalue weighted by Gasteiger charge is -2.46. The molecule has 0 aliphatic carbocycles. The number of rotatable bonds is 7. The van der Waals surface area contributed by atoms with Crippen LogP contribution in [0.5, 0.6) is 0 Å². The molecule has 3 N–H and O–H groups in total. The predicted octanol–water partition coefficient (Wildman–Crippen LogP) is 2.34. The molecule has 3 saturated heterocycles. The quantitative estimate of drug-likeness (QED) is 0.234. The van der Waals surface area contributed by atoms with E-state index in [9.17, 15) is 24.3 Å². The molecule has 1 amide bonds. The number of hydrogen-bond acceptors (Lipinski definition) is 15. The van der Waals surface area contributed by atoms with Crippen molar-refractivity contribution in [1.29, 1.82) is 0 Å². The van der Waals surface area contributed by atoms with Crippen molar-refractivity contribution in [1.82, 2.24) is 30.1 Å². The summed E-state index contributed by atoms with van der Waals surface area (Å²) in [6.45, 7) is 13.5. The summed E-state index contributed by atoms with van der Waals surface area (Å²) in [7, 11) is 1.45. The third kappa shape index (κ3) is 8.64. The number of methoxy groups -OCH3 is 1. The Labute approximate surface area is 327 Å². The number of aliphatic hydroxyl groups is 1. The van der Waals surface area contributed by atoms with Gasteiger partial charge in [0.05, 0.1) is 36.6 Å². The Hall–Kier alpha value is -4.34. The summed E-state index contributed by atoms with van der Waals surface area (Å²) >= 11 is 0. The van der Waals surface area contributed by atoms with E-state index in [0.29, 0.717) is 17.8 Å². The van der Waals surface area contributed by atoms with Crippen LogP contribution in [0.1, 0.15) is 74.7 Å². The summed E-state index contributed by atoms with van der Waals surface area (Å²) in [5.74, 6) is 0.639. The second-order valence-electron chi connectivity index (χ2n) is 15.7. The molecule has 17 heteroatoms. The molecule has 0 spiro atoms. The van der Waals surface area contributed by atoms with Gasteiger partial charge in [-0.15, -0.1) is 10.2 Å². The number of aliphatic hydroxyl groups excluding tert-OH is 1. The highest BCUT2D eigenvalue weighted by atomic mass is 16.7. The van der Waals surface area contributed by atoms with Gasteiger partial charge >= 0.3 is 12.1 Å². The van der Waals surface area contributed by atoms with Crippen molar-refractivity contribution in [3.8, 4) is 23.2 Å². The molecule has 306 valence electrons. The Kier molecular flexibility index (Phi) is 13.3. The number of fused-ring (bicyclic) bond motifs is 1. The summed E-state index contributed by atoms with van der Waals surface area (Å²) in [6.07, 6.45) is -1.70. The maximum absolute atomic E-state index is 14.6. The minimum atomic E-state index is -1.49. The summed E-state index contributed by atoms with van der Waals surface area (Å²) in [6, 6.07) is 1.93. The fourth-order valence-electron chi connectivity index (χ4n) is 8.40. The second kappa shape index (κ2) is 17.4. The standard InChI is InChI=1S/C39H55N7O10/c1-10-29-39(8)33(46(37(51)56-39)17-12-11-16-45-20-28(43-44-45)27-14-13-15-41-42-27)23(4)30(47)21(2)19-38(7,52-9)34(24(5)31(48)25(6)35(50)54-29)55-36-32(49)26(40)18-22(3)53-36/h13-15,20-26,29,32-34,36,49H,10,16-19,40H2,1-9H3/t21-,22-,23+,24+,25-,26?,29-,32?,33-,34-,36+,38-,39-/m1/s1. The molecular weight excluding hydrogens is 726 g/mol. The van der Waals surface area contributed by atoms with E-state index in [0.717, 1.165) is 0 Å². The van der Waals surface area contributed by atoms with Crippen molar-refractivity contribution in [2.45, 2.75) is 135 Å². The van der Waals surface area contributed by atoms with Gasteiger partial charge in [0.15, 0.2) is 17.7 Å². The Morgan fingerprint density at radius 2 is 1.73 bits per heavy atom. The molecular formula is C39H55N7O10. The lowest BCUT2D eigenvalue weighted by atomic mass is 9.73. The number of carbonyl (C=O) groups is 4. The Balaban J connectivity index is 1.47. The van der Waals surface area contributed by atoms with Crippen LogP contribution in [0.25, 0.3) is 11.4 Å². The number of esters is 1. The number of carbonyl (C=O) groups excluding carboxylic acids is 4. The molecule has 0 aromatic carbocycles. The summed E-state index contributed by atoms with van der Waals surface area (Å²) < 4.78 is 32.1. The van der Waals surface area contributed by atoms with Crippen molar-refractivity contribution < 1.29 is 48.0 Å². The van der Waals surface area contributed by atoms with E-state index in [1.54, 1.807) is 73.0 Å². The monoisotopic (exact) mass is 781 g/mol. The number of cyclic esters (lactones) is 1. The van der Waals surface area contributed by atoms with Gasteiger partial charge in [0.2, 0.25) is 0 Å². The van der Waals surface area contributed by atoms with Gasteiger partial charge in [-0.1, -0.05) is 44.7 Å². The topological polar surface area (TPSA) is 220 Å². The zero-order valence-electron chi connectivity index (χ0n) is 33.6. The number of ketones is 2. The molecule has 0 radical (unpaired) electrons. The molecule has 5 rings (SSSR count). The number of nitrogens with two attached hydrogens (primary N) is 1. The first-order valence-corrected chi connectivity index (χ1v) is 19.2. The van der Waals surface area contributed by atoms with Gasteiger partial charge in [0, 0.05) is 37.1 Å². The molecule has 13 atom stereocenters. The van der Waals surface area contributed by atoms with Crippen molar-refractivity contribution in [3.63, 3.8) is 0 Å². The first-order chi connectivity index (χ1) is 26.4. The van der Waals surface area contributed by atoms with E-state index < -0.39 is 89.4 Å². The van der Waals surface area contributed by atoms with Crippen LogP contribution in [0.15, 0.2) is 24.5 Å². The van der Waals surface area contributed by atoms with Gasteiger partial charge in [0.1, 0.15) is 41.8 Å². The molecule has 5 heterocycles. The molecule has 2 unspecified atom stereocenters. The van der Waals surface area contributed by atoms with Crippen LogP contribution in [-0.4, -0.2) is 126 Å². The number of amides is 1. The van der Waals surface area contributed by atoms with E-state index in [4.69, 9.17) is 29.4 Å². The third-order valence-electron chi connectivity index (χ3n) is 11.6. The number of aromatic nitrogens is 5. The first kappa shape index (κ1) is 42.8. The average Bonchev–Trinajstić information content (AvgIpc) is 3.75. The zero-order valence-corrected chi connectivity index (χ0v) is 33.6. The van der Waals surface area contributed by atoms with Gasteiger partial charge in [-0.05, 0) is 59.1 Å². The summed E-state index contributed by atoms with van der Waals surface area (Å²) in [4.78, 5) is 57.7. The van der Waals surface area contributed by atoms with Crippen molar-refractivity contribution in [3.05, 3.63) is 24.5 Å². The smallest absolute Gasteiger partial charge is 0.411 e. The van der Waals surface area contributed by atoms with Gasteiger partial charge in [-0.25, -0.2) is 9.48 Å². The van der Waals surface area contributed by atoms with Crippen molar-refractivity contribution >= 4 is 23.6 Å². The largest absolute Gasteiger partial charge is 0.458 e. The Bertz CT molecular complexity index is 1800. The van der Waals surface area contributed by atoms with E-state index >= 15 is 0 Å². The molecule has 3 aliphatic rings. The lowest BCUT2D eigenvalue weighted by molar-refractivity contribution is -0.288. The summed E-state index contributed by atoms with van der Waals surface area (Å²) in [5.41, 5.74) is 4.47. The minimum absolute atomic E-state index is 0.0713. The predicted molar refractivity (Wildman–Crippen MR) is 199 cm³/mol. The van der Waals surface area contributed by atoms with Crippen LogP contribution in [0, 0.1) is 35.5 Å². The molecule has 0 saturated carbocycles. The lowest BCUT2D eigenvalue weighted by Crippen LogP contribution is -2.60. The number of hydrogen-bond donors (Lipinski definition) is 2. The highest BCUT2D eigenvalue weighted by Gasteiger charge is 2.60. The maximum atomic E-state index is 14.6. The Morgan fingerprint density at radius 1 is 1.02 bits per heavy atom. The van der Waals surface area contributed by atoms with Crippen LogP contribution in [0.4, 0.5) is 4.79 Å². The zero-order chi connectivity index (χ0) is 41.1. The van der Waals surface area contributed by atoms with Gasteiger partial charge in [-0.3, -0.25) is 19.3 Å². The highest BCUT2D eigenvalue weighted by Crippen LogP contribution is 2.42. The van der Waals surface area contributed by atoms with E-state index in [2.05, 4.69) is 32.4 Å². The minimum Gasteiger partial charge on any atom is -0.458 e. The van der Waals surface area contributed by atoms with Gasteiger partial charge in [-0.2, -0.15) is 5.10 Å². The van der Waals surface area contributed by atoms with Crippen LogP contribution >= 0.6 is 0 Å². The molecule has 17 nitrogen and oxygen atoms in total. The molecule has 2 aromatic rings. The van der Waals surface area contributed by atoms with E-state index in [1.165, 1.54) is 23.6 Å². The molecule has 3 fully saturated rings. The van der Waals surface area contributed by atoms with Gasteiger partial charge in [0.25, 0.3) is 0 Å². The fraction of sp³-hybridized carbons (Fsp3) is 0.692. The highest BCUT2D eigenvalue weighted by molar-refractivity contribution is 6.00. The second-order valence-corrected chi connectivity index (χ2v) is 15.7. The average molecular weight is 782 g/mol.